The molecular weight excluding hydrogens is 480 g/mol. The molecule has 2 saturated heterocycles. The maximum Gasteiger partial charge on any atom is 0.348 e. The molecule has 0 aliphatic carbocycles. The van der Waals surface area contributed by atoms with Crippen LogP contribution in [-0.4, -0.2) is 64.3 Å². The Morgan fingerprint density at radius 2 is 1.29 bits per heavy atom. The molecule has 8 heteroatoms. The Morgan fingerprint density at radius 3 is 1.74 bits per heavy atom. The van der Waals surface area contributed by atoms with E-state index in [1.165, 1.54) is 36.9 Å². The second-order valence-electron chi connectivity index (χ2n) is 8.45. The largest absolute Gasteiger partial charge is 0.465 e. The van der Waals surface area contributed by atoms with Gasteiger partial charge in [0, 0.05) is 11.8 Å². The number of carbonyl (C=O) groups is 2. The zero-order chi connectivity index (χ0) is 25.0. The Kier molecular flexibility index (Phi) is 10.8. The van der Waals surface area contributed by atoms with Crippen molar-refractivity contribution in [1.29, 1.82) is 0 Å². The molecule has 4 heterocycles. The zero-order valence-corrected chi connectivity index (χ0v) is 22.2. The number of methoxy groups -OCH3 is 2. The van der Waals surface area contributed by atoms with Crippen molar-refractivity contribution in [2.45, 2.75) is 25.7 Å². The third-order valence-corrected chi connectivity index (χ3v) is 7.80. The molecule has 4 rings (SSSR count). The van der Waals surface area contributed by atoms with Crippen molar-refractivity contribution < 1.29 is 19.1 Å². The number of hydrogen-bond acceptors (Lipinski definition) is 8. The van der Waals surface area contributed by atoms with Crippen molar-refractivity contribution in [2.24, 2.45) is 11.8 Å². The molecular formula is C27H32N2O4S2. The van der Waals surface area contributed by atoms with Crippen LogP contribution in [0.15, 0.2) is 24.3 Å². The van der Waals surface area contributed by atoms with Gasteiger partial charge in [0.2, 0.25) is 0 Å². The number of hydrogen-bond donors (Lipinski definition) is 1. The van der Waals surface area contributed by atoms with E-state index in [9.17, 15) is 9.59 Å². The lowest BCUT2D eigenvalue weighted by Crippen LogP contribution is -2.29. The first kappa shape index (κ1) is 27.0. The van der Waals surface area contributed by atoms with Gasteiger partial charge >= 0.3 is 11.9 Å². The zero-order valence-electron chi connectivity index (χ0n) is 20.5. The van der Waals surface area contributed by atoms with Gasteiger partial charge in [0.1, 0.15) is 9.75 Å². The molecule has 0 unspecified atom stereocenters. The maximum atomic E-state index is 11.3. The van der Waals surface area contributed by atoms with Gasteiger partial charge in [-0.25, -0.2) is 9.59 Å². The number of nitrogens with one attached hydrogen (secondary N) is 1. The van der Waals surface area contributed by atoms with Gasteiger partial charge < -0.3 is 19.7 Å². The molecule has 35 heavy (non-hydrogen) atoms. The van der Waals surface area contributed by atoms with E-state index in [-0.39, 0.29) is 11.9 Å². The number of esters is 2. The van der Waals surface area contributed by atoms with Gasteiger partial charge in [-0.3, -0.25) is 0 Å². The molecule has 2 aliphatic rings. The van der Waals surface area contributed by atoms with E-state index in [2.05, 4.69) is 50.4 Å². The Hall–Kier alpha value is -2.62. The minimum atomic E-state index is -0.287. The molecule has 1 N–H and O–H groups in total. The predicted molar refractivity (Wildman–Crippen MR) is 141 cm³/mol. The van der Waals surface area contributed by atoms with E-state index in [1.807, 2.05) is 12.1 Å². The quantitative estimate of drug-likeness (QED) is 0.483. The Balaban J connectivity index is 0.000000196. The van der Waals surface area contributed by atoms with Crippen molar-refractivity contribution in [1.82, 2.24) is 10.2 Å². The predicted octanol–water partition coefficient (Wildman–Crippen LogP) is 4.11. The number of likely N-dealkylation sites (tertiary alicyclic amines) is 1. The molecule has 2 aromatic rings. The second-order valence-corrected chi connectivity index (χ2v) is 10.6. The summed E-state index contributed by atoms with van der Waals surface area (Å²) in [5.74, 6) is 13.3. The summed E-state index contributed by atoms with van der Waals surface area (Å²) in [6.45, 7) is 4.35. The van der Waals surface area contributed by atoms with Crippen LogP contribution in [0.1, 0.15) is 54.8 Å². The first-order valence-electron chi connectivity index (χ1n) is 11.8. The third kappa shape index (κ3) is 8.83. The fraction of sp³-hybridized carbons (Fsp3) is 0.481. The fourth-order valence-corrected chi connectivity index (χ4v) is 5.27. The van der Waals surface area contributed by atoms with E-state index in [0.29, 0.717) is 21.6 Å². The van der Waals surface area contributed by atoms with Crippen molar-refractivity contribution >= 4 is 34.6 Å². The van der Waals surface area contributed by atoms with Crippen molar-refractivity contribution in [3.8, 4) is 23.7 Å². The van der Waals surface area contributed by atoms with Crippen LogP contribution in [0.4, 0.5) is 0 Å². The topological polar surface area (TPSA) is 67.9 Å². The van der Waals surface area contributed by atoms with Crippen LogP contribution in [0.5, 0.6) is 0 Å². The van der Waals surface area contributed by atoms with Gasteiger partial charge in [-0.05, 0) is 83.2 Å². The lowest BCUT2D eigenvalue weighted by Gasteiger charge is -2.25. The smallest absolute Gasteiger partial charge is 0.348 e. The molecule has 0 amide bonds. The number of carbonyl (C=O) groups excluding carboxylic acids is 2. The molecule has 0 bridgehead atoms. The first-order chi connectivity index (χ1) is 17.0. The Bertz CT molecular complexity index is 1100. The molecule has 2 aromatic heterocycles. The second kappa shape index (κ2) is 14.1. The average molecular weight is 513 g/mol. The SMILES string of the molecule is COC(=O)c1ccc(C#CC2CCN(C)CC2)s1.COC(=O)c1ccc(C#CC2CCNCC2)s1. The van der Waals surface area contributed by atoms with E-state index >= 15 is 0 Å². The van der Waals surface area contributed by atoms with Crippen molar-refractivity contribution in [3.63, 3.8) is 0 Å². The van der Waals surface area contributed by atoms with Gasteiger partial charge in [-0.2, -0.15) is 0 Å². The molecule has 2 fully saturated rings. The third-order valence-electron chi connectivity index (χ3n) is 5.84. The number of rotatable bonds is 2. The number of nitrogens with zero attached hydrogens (tertiary/aromatic N) is 1. The highest BCUT2D eigenvalue weighted by molar-refractivity contribution is 7.14. The van der Waals surface area contributed by atoms with Crippen LogP contribution in [0.25, 0.3) is 0 Å². The van der Waals surface area contributed by atoms with E-state index < -0.39 is 0 Å². The highest BCUT2D eigenvalue weighted by atomic mass is 32.1. The minimum absolute atomic E-state index is 0.285. The summed E-state index contributed by atoms with van der Waals surface area (Å²) in [5, 5.41) is 3.31. The molecule has 0 radical (unpaired) electrons. The molecule has 0 spiro atoms. The molecule has 6 nitrogen and oxygen atoms in total. The lowest BCUT2D eigenvalue weighted by molar-refractivity contribution is 0.0597. The molecule has 0 atom stereocenters. The lowest BCUT2D eigenvalue weighted by atomic mass is 9.98. The van der Waals surface area contributed by atoms with E-state index in [1.54, 1.807) is 12.1 Å². The molecule has 0 aromatic carbocycles. The summed E-state index contributed by atoms with van der Waals surface area (Å²) in [5.41, 5.74) is 0. The van der Waals surface area contributed by atoms with Crippen molar-refractivity contribution in [2.75, 3.05) is 47.4 Å². The molecule has 2 aliphatic heterocycles. The summed E-state index contributed by atoms with van der Waals surface area (Å²) in [6, 6.07) is 7.31. The Labute approximate surface area is 216 Å². The summed E-state index contributed by atoms with van der Waals surface area (Å²) < 4.78 is 9.33. The highest BCUT2D eigenvalue weighted by Crippen LogP contribution is 2.19. The normalized spacial score (nSPS) is 16.5. The summed E-state index contributed by atoms with van der Waals surface area (Å²) in [7, 11) is 4.93. The first-order valence-corrected chi connectivity index (χ1v) is 13.4. The average Bonchev–Trinajstić information content (AvgIpc) is 3.57. The summed E-state index contributed by atoms with van der Waals surface area (Å²) in [4.78, 5) is 28.0. The minimum Gasteiger partial charge on any atom is -0.465 e. The number of piperidine rings is 2. The van der Waals surface area contributed by atoms with Crippen LogP contribution in [0.3, 0.4) is 0 Å². The van der Waals surface area contributed by atoms with E-state index in [0.717, 1.165) is 61.6 Å². The van der Waals surface area contributed by atoms with Gasteiger partial charge in [-0.1, -0.05) is 23.7 Å². The van der Waals surface area contributed by atoms with Gasteiger partial charge in [-0.15, -0.1) is 22.7 Å². The molecule has 0 saturated carbocycles. The highest BCUT2D eigenvalue weighted by Gasteiger charge is 2.14. The van der Waals surface area contributed by atoms with E-state index in [4.69, 9.17) is 0 Å². The van der Waals surface area contributed by atoms with Crippen molar-refractivity contribution in [3.05, 3.63) is 43.8 Å². The van der Waals surface area contributed by atoms with Crippen LogP contribution < -0.4 is 5.32 Å². The summed E-state index contributed by atoms with van der Waals surface area (Å²) in [6.07, 6.45) is 4.50. The molecule has 186 valence electrons. The van der Waals surface area contributed by atoms with Gasteiger partial charge in [0.15, 0.2) is 0 Å². The standard InChI is InChI=1S/C14H17NO2S.C13H15NO2S/c1-15-9-7-11(8-10-15)3-4-12-5-6-13(18-12)14(16)17-2;1-16-13(15)12-5-4-11(17-12)3-2-10-6-8-14-9-7-10/h5-6,11H,7-10H2,1-2H3;4-5,10,14H,6-9H2,1H3. The van der Waals surface area contributed by atoms with Gasteiger partial charge in [0.25, 0.3) is 0 Å². The monoisotopic (exact) mass is 512 g/mol. The van der Waals surface area contributed by atoms with Crippen LogP contribution >= 0.6 is 22.7 Å². The number of ether oxygens (including phenoxy) is 2. The summed E-state index contributed by atoms with van der Waals surface area (Å²) >= 11 is 2.79. The Morgan fingerprint density at radius 1 is 0.829 bits per heavy atom. The number of thiophene rings is 2. The van der Waals surface area contributed by atoms with Gasteiger partial charge in [0.05, 0.1) is 24.0 Å². The van der Waals surface area contributed by atoms with Crippen LogP contribution in [-0.2, 0) is 9.47 Å². The maximum absolute atomic E-state index is 11.3. The van der Waals surface area contributed by atoms with Crippen LogP contribution in [0, 0.1) is 35.5 Å². The fourth-order valence-electron chi connectivity index (χ4n) is 3.70. The van der Waals surface area contributed by atoms with Crippen LogP contribution in [0.2, 0.25) is 0 Å².